The molecular formula is C13H12BrF2NO3. The van der Waals surface area contributed by atoms with Crippen LogP contribution in [0.5, 0.6) is 5.75 Å². The SMILES string of the molecule is CCOC(=O)Cc1cc(OC(F)F)cc(CBr)c1C#N. The van der Waals surface area contributed by atoms with Crippen LogP contribution < -0.4 is 4.74 Å². The van der Waals surface area contributed by atoms with Crippen molar-refractivity contribution in [3.05, 3.63) is 28.8 Å². The Hall–Kier alpha value is -1.68. The zero-order valence-corrected chi connectivity index (χ0v) is 12.2. The van der Waals surface area contributed by atoms with Crippen LogP contribution in [0.25, 0.3) is 0 Å². The van der Waals surface area contributed by atoms with Gasteiger partial charge in [0.25, 0.3) is 0 Å². The van der Waals surface area contributed by atoms with Gasteiger partial charge in [0.1, 0.15) is 5.75 Å². The first-order chi connectivity index (χ1) is 9.51. The number of nitriles is 1. The molecule has 20 heavy (non-hydrogen) atoms. The number of rotatable bonds is 6. The minimum absolute atomic E-state index is 0.0900. The van der Waals surface area contributed by atoms with E-state index in [1.807, 2.05) is 6.07 Å². The molecule has 0 heterocycles. The first-order valence-electron chi connectivity index (χ1n) is 5.74. The summed E-state index contributed by atoms with van der Waals surface area (Å²) in [5.74, 6) is -0.619. The Morgan fingerprint density at radius 2 is 2.10 bits per heavy atom. The van der Waals surface area contributed by atoms with Crippen molar-refractivity contribution in [1.29, 1.82) is 5.26 Å². The van der Waals surface area contributed by atoms with Gasteiger partial charge in [0.05, 0.1) is 24.7 Å². The molecule has 0 spiro atoms. The maximum atomic E-state index is 12.3. The fraction of sp³-hybridized carbons (Fsp3) is 0.385. The van der Waals surface area contributed by atoms with E-state index in [4.69, 9.17) is 10.00 Å². The Kier molecular flexibility index (Phi) is 6.39. The predicted octanol–water partition coefficient (Wildman–Crippen LogP) is 3.16. The van der Waals surface area contributed by atoms with Gasteiger partial charge in [-0.05, 0) is 30.2 Å². The second-order valence-electron chi connectivity index (χ2n) is 3.72. The molecule has 1 aromatic rings. The average molecular weight is 348 g/mol. The van der Waals surface area contributed by atoms with Gasteiger partial charge in [-0.15, -0.1) is 0 Å². The van der Waals surface area contributed by atoms with Gasteiger partial charge in [-0.3, -0.25) is 4.79 Å². The Bertz CT molecular complexity index is 529. The van der Waals surface area contributed by atoms with Crippen molar-refractivity contribution in [2.75, 3.05) is 6.61 Å². The molecule has 0 saturated heterocycles. The summed E-state index contributed by atoms with van der Waals surface area (Å²) in [6, 6.07) is 4.56. The van der Waals surface area contributed by atoms with E-state index < -0.39 is 12.6 Å². The van der Waals surface area contributed by atoms with E-state index in [1.165, 1.54) is 12.1 Å². The third kappa shape index (κ3) is 4.46. The van der Waals surface area contributed by atoms with E-state index in [2.05, 4.69) is 20.7 Å². The molecule has 0 aliphatic heterocycles. The van der Waals surface area contributed by atoms with Crippen molar-refractivity contribution in [2.45, 2.75) is 25.3 Å². The van der Waals surface area contributed by atoms with E-state index in [9.17, 15) is 13.6 Å². The van der Waals surface area contributed by atoms with Crippen molar-refractivity contribution in [1.82, 2.24) is 0 Å². The molecule has 0 atom stereocenters. The first-order valence-corrected chi connectivity index (χ1v) is 6.86. The van der Waals surface area contributed by atoms with Gasteiger partial charge in [-0.1, -0.05) is 15.9 Å². The first kappa shape index (κ1) is 16.4. The fourth-order valence-corrected chi connectivity index (χ4v) is 2.10. The summed E-state index contributed by atoms with van der Waals surface area (Å²) in [5, 5.41) is 9.42. The largest absolute Gasteiger partial charge is 0.466 e. The van der Waals surface area contributed by atoms with Gasteiger partial charge in [-0.2, -0.15) is 14.0 Å². The number of hydrogen-bond donors (Lipinski definition) is 0. The highest BCUT2D eigenvalue weighted by Crippen LogP contribution is 2.26. The third-order valence-corrected chi connectivity index (χ3v) is 3.00. The molecule has 0 saturated carbocycles. The van der Waals surface area contributed by atoms with Crippen molar-refractivity contribution >= 4 is 21.9 Å². The number of esters is 1. The minimum Gasteiger partial charge on any atom is -0.466 e. The Balaban J connectivity index is 3.17. The zero-order valence-electron chi connectivity index (χ0n) is 10.7. The summed E-state index contributed by atoms with van der Waals surface area (Å²) >= 11 is 3.17. The number of carbonyl (C=O) groups is 1. The average Bonchev–Trinajstić information content (AvgIpc) is 2.37. The van der Waals surface area contributed by atoms with Crippen LogP contribution in [0.4, 0.5) is 8.78 Å². The van der Waals surface area contributed by atoms with Crippen LogP contribution in [-0.4, -0.2) is 19.2 Å². The van der Waals surface area contributed by atoms with Gasteiger partial charge in [-0.25, -0.2) is 0 Å². The topological polar surface area (TPSA) is 59.3 Å². The number of carbonyl (C=O) groups excluding carboxylic acids is 1. The van der Waals surface area contributed by atoms with Gasteiger partial charge in [0.15, 0.2) is 0 Å². The van der Waals surface area contributed by atoms with Crippen LogP contribution in [-0.2, 0) is 21.3 Å². The number of ether oxygens (including phenoxy) is 2. The molecule has 0 fully saturated rings. The van der Waals surface area contributed by atoms with Crippen molar-refractivity contribution < 1.29 is 23.0 Å². The molecule has 0 aliphatic carbocycles. The monoisotopic (exact) mass is 347 g/mol. The smallest absolute Gasteiger partial charge is 0.387 e. The number of nitrogens with zero attached hydrogens (tertiary/aromatic N) is 1. The van der Waals surface area contributed by atoms with Gasteiger partial charge in [0, 0.05) is 5.33 Å². The Labute approximate surface area is 123 Å². The zero-order chi connectivity index (χ0) is 15.1. The van der Waals surface area contributed by atoms with Crippen molar-refractivity contribution in [3.8, 4) is 11.8 Å². The summed E-state index contributed by atoms with van der Waals surface area (Å²) in [6.07, 6.45) is -0.169. The number of benzene rings is 1. The summed E-state index contributed by atoms with van der Waals surface area (Å²) < 4.78 is 33.6. The normalized spacial score (nSPS) is 10.2. The van der Waals surface area contributed by atoms with Gasteiger partial charge in [0.2, 0.25) is 0 Å². The van der Waals surface area contributed by atoms with Crippen molar-refractivity contribution in [3.63, 3.8) is 0 Å². The second kappa shape index (κ2) is 7.80. The molecule has 0 aliphatic rings. The van der Waals surface area contributed by atoms with E-state index in [-0.39, 0.29) is 29.7 Å². The van der Waals surface area contributed by atoms with Gasteiger partial charge < -0.3 is 9.47 Å². The maximum Gasteiger partial charge on any atom is 0.387 e. The molecule has 0 unspecified atom stereocenters. The highest BCUT2D eigenvalue weighted by Gasteiger charge is 2.16. The highest BCUT2D eigenvalue weighted by molar-refractivity contribution is 9.08. The summed E-state index contributed by atoms with van der Waals surface area (Å²) in [7, 11) is 0. The van der Waals surface area contributed by atoms with Crippen molar-refractivity contribution in [2.24, 2.45) is 0 Å². The van der Waals surface area contributed by atoms with Crippen LogP contribution in [0, 0.1) is 11.3 Å². The van der Waals surface area contributed by atoms with Crippen LogP contribution in [0.15, 0.2) is 12.1 Å². The van der Waals surface area contributed by atoms with E-state index in [1.54, 1.807) is 6.92 Å². The van der Waals surface area contributed by atoms with Crippen LogP contribution in [0.1, 0.15) is 23.6 Å². The van der Waals surface area contributed by atoms with Gasteiger partial charge >= 0.3 is 12.6 Å². The minimum atomic E-state index is -2.97. The Morgan fingerprint density at radius 3 is 2.60 bits per heavy atom. The third-order valence-electron chi connectivity index (χ3n) is 2.40. The number of halogens is 3. The van der Waals surface area contributed by atoms with Crippen LogP contribution in [0.2, 0.25) is 0 Å². The highest BCUT2D eigenvalue weighted by atomic mass is 79.9. The molecule has 0 radical (unpaired) electrons. The molecule has 1 rings (SSSR count). The van der Waals surface area contributed by atoms with E-state index in [0.717, 1.165) is 0 Å². The maximum absolute atomic E-state index is 12.3. The summed E-state index contributed by atoms with van der Waals surface area (Å²) in [4.78, 5) is 11.5. The molecule has 7 heteroatoms. The molecule has 0 bridgehead atoms. The molecule has 0 N–H and O–H groups in total. The number of alkyl halides is 3. The summed E-state index contributed by atoms with van der Waals surface area (Å²) in [5.41, 5.74) is 1.04. The standard InChI is InChI=1S/C13H12BrF2NO3/c1-2-19-12(18)5-8-3-10(20-13(15)16)4-9(6-14)11(8)7-17/h3-4,13H,2,5-6H2,1H3. The molecule has 108 valence electrons. The second-order valence-corrected chi connectivity index (χ2v) is 4.28. The lowest BCUT2D eigenvalue weighted by atomic mass is 10.00. The van der Waals surface area contributed by atoms with Crippen LogP contribution in [0.3, 0.4) is 0 Å². The summed E-state index contributed by atoms with van der Waals surface area (Å²) in [6.45, 7) is -1.11. The number of hydrogen-bond acceptors (Lipinski definition) is 4. The lowest BCUT2D eigenvalue weighted by Gasteiger charge is -2.12. The molecule has 0 amide bonds. The van der Waals surface area contributed by atoms with E-state index >= 15 is 0 Å². The fourth-order valence-electron chi connectivity index (χ4n) is 1.66. The molecule has 4 nitrogen and oxygen atoms in total. The molecule has 0 aromatic heterocycles. The predicted molar refractivity (Wildman–Crippen MR) is 70.8 cm³/mol. The van der Waals surface area contributed by atoms with Crippen LogP contribution >= 0.6 is 15.9 Å². The Morgan fingerprint density at radius 1 is 1.45 bits per heavy atom. The lowest BCUT2D eigenvalue weighted by molar-refractivity contribution is -0.142. The quantitative estimate of drug-likeness (QED) is 0.585. The van der Waals surface area contributed by atoms with E-state index in [0.29, 0.717) is 11.1 Å². The lowest BCUT2D eigenvalue weighted by Crippen LogP contribution is -2.11. The molecular weight excluding hydrogens is 336 g/mol. The molecule has 1 aromatic carbocycles.